The van der Waals surface area contributed by atoms with E-state index in [2.05, 4.69) is 10.3 Å². The molecule has 0 radical (unpaired) electrons. The maximum atomic E-state index is 12.2. The van der Waals surface area contributed by atoms with Crippen LogP contribution in [0.25, 0.3) is 0 Å². The first-order valence-corrected chi connectivity index (χ1v) is 4.87. The SMILES string of the molecule is CNC(C)(C)c1nc(C(F)(F)F)cs1. The molecule has 0 atom stereocenters. The van der Waals surface area contributed by atoms with Gasteiger partial charge in [-0.1, -0.05) is 0 Å². The minimum atomic E-state index is -4.35. The van der Waals surface area contributed by atoms with Gasteiger partial charge in [-0.25, -0.2) is 4.98 Å². The molecule has 1 aromatic heterocycles. The fourth-order valence-electron chi connectivity index (χ4n) is 0.798. The second-order valence-corrected chi connectivity index (χ2v) is 4.27. The highest BCUT2D eigenvalue weighted by atomic mass is 32.1. The van der Waals surface area contributed by atoms with Crippen LogP contribution < -0.4 is 5.32 Å². The predicted molar refractivity (Wildman–Crippen MR) is 49.2 cm³/mol. The van der Waals surface area contributed by atoms with Crippen LogP contribution >= 0.6 is 11.3 Å². The van der Waals surface area contributed by atoms with Crippen molar-refractivity contribution in [3.63, 3.8) is 0 Å². The van der Waals surface area contributed by atoms with Crippen molar-refractivity contribution in [2.75, 3.05) is 7.05 Å². The number of hydrogen-bond acceptors (Lipinski definition) is 3. The van der Waals surface area contributed by atoms with Gasteiger partial charge in [0, 0.05) is 5.38 Å². The Hall–Kier alpha value is -0.620. The molecule has 0 amide bonds. The molecule has 1 aromatic rings. The Morgan fingerprint density at radius 3 is 2.29 bits per heavy atom. The number of nitrogens with one attached hydrogen (secondary N) is 1. The maximum absolute atomic E-state index is 12.2. The van der Waals surface area contributed by atoms with Crippen LogP contribution in [0.1, 0.15) is 24.5 Å². The second kappa shape index (κ2) is 3.51. The van der Waals surface area contributed by atoms with Crippen LogP contribution in [0.15, 0.2) is 5.38 Å². The lowest BCUT2D eigenvalue weighted by Crippen LogP contribution is -2.33. The number of thiazole rings is 1. The van der Waals surface area contributed by atoms with Gasteiger partial charge in [-0.05, 0) is 20.9 Å². The van der Waals surface area contributed by atoms with Crippen LogP contribution in [-0.4, -0.2) is 12.0 Å². The lowest BCUT2D eigenvalue weighted by Gasteiger charge is -2.20. The van der Waals surface area contributed by atoms with Crippen molar-refractivity contribution in [3.8, 4) is 0 Å². The molecule has 0 fully saturated rings. The second-order valence-electron chi connectivity index (χ2n) is 3.41. The third-order valence-corrected chi connectivity index (χ3v) is 3.12. The monoisotopic (exact) mass is 224 g/mol. The topological polar surface area (TPSA) is 24.9 Å². The van der Waals surface area contributed by atoms with Crippen molar-refractivity contribution in [2.45, 2.75) is 25.6 Å². The molecular formula is C8H11F3N2S. The van der Waals surface area contributed by atoms with Crippen LogP contribution in [0.4, 0.5) is 13.2 Å². The van der Waals surface area contributed by atoms with Gasteiger partial charge in [-0.2, -0.15) is 13.2 Å². The van der Waals surface area contributed by atoms with E-state index in [-0.39, 0.29) is 0 Å². The van der Waals surface area contributed by atoms with Crippen molar-refractivity contribution in [1.82, 2.24) is 10.3 Å². The number of aromatic nitrogens is 1. The quantitative estimate of drug-likeness (QED) is 0.835. The summed E-state index contributed by atoms with van der Waals surface area (Å²) in [5, 5.41) is 4.38. The summed E-state index contributed by atoms with van der Waals surface area (Å²) in [6.07, 6.45) is -4.35. The molecule has 0 spiro atoms. The van der Waals surface area contributed by atoms with Crippen molar-refractivity contribution >= 4 is 11.3 Å². The van der Waals surface area contributed by atoms with E-state index >= 15 is 0 Å². The molecule has 0 bridgehead atoms. The molecule has 80 valence electrons. The van der Waals surface area contributed by atoms with Crippen molar-refractivity contribution in [1.29, 1.82) is 0 Å². The lowest BCUT2D eigenvalue weighted by molar-refractivity contribution is -0.140. The fourth-order valence-corrected chi connectivity index (χ4v) is 1.76. The Morgan fingerprint density at radius 2 is 1.93 bits per heavy atom. The number of nitrogens with zero attached hydrogens (tertiary/aromatic N) is 1. The highest BCUT2D eigenvalue weighted by molar-refractivity contribution is 7.09. The van der Waals surface area contributed by atoms with Gasteiger partial charge in [0.1, 0.15) is 5.01 Å². The predicted octanol–water partition coefficient (Wildman–Crippen LogP) is 2.62. The lowest BCUT2D eigenvalue weighted by atomic mass is 10.1. The molecule has 0 aromatic carbocycles. The summed E-state index contributed by atoms with van der Waals surface area (Å²) in [5.74, 6) is 0. The van der Waals surface area contributed by atoms with Gasteiger partial charge in [0.2, 0.25) is 0 Å². The summed E-state index contributed by atoms with van der Waals surface area (Å²) < 4.78 is 36.7. The third kappa shape index (κ3) is 2.24. The average Bonchev–Trinajstić information content (AvgIpc) is 2.51. The van der Waals surface area contributed by atoms with Gasteiger partial charge in [0.05, 0.1) is 5.54 Å². The van der Waals surface area contributed by atoms with Gasteiger partial charge < -0.3 is 5.32 Å². The molecule has 0 saturated carbocycles. The van der Waals surface area contributed by atoms with Crippen molar-refractivity contribution in [2.24, 2.45) is 0 Å². The molecule has 0 aliphatic rings. The summed E-state index contributed by atoms with van der Waals surface area (Å²) >= 11 is 1.01. The molecule has 0 saturated heterocycles. The fraction of sp³-hybridized carbons (Fsp3) is 0.625. The summed E-state index contributed by atoms with van der Waals surface area (Å²) in [6, 6.07) is 0. The Morgan fingerprint density at radius 1 is 1.36 bits per heavy atom. The van der Waals surface area contributed by atoms with Crippen LogP contribution in [0.3, 0.4) is 0 Å². The summed E-state index contributed by atoms with van der Waals surface area (Å²) in [4.78, 5) is 3.56. The number of halogens is 3. The Labute approximate surface area is 84.2 Å². The van der Waals surface area contributed by atoms with E-state index in [1.807, 2.05) is 0 Å². The molecule has 1 rings (SSSR count). The molecular weight excluding hydrogens is 213 g/mol. The van der Waals surface area contributed by atoms with Gasteiger partial charge in [-0.15, -0.1) is 11.3 Å². The standard InChI is InChI=1S/C8H11F3N2S/c1-7(2,12-3)6-13-5(4-14-6)8(9,10)11/h4,12H,1-3H3. The van der Waals surface area contributed by atoms with E-state index in [0.29, 0.717) is 5.01 Å². The molecule has 0 unspecified atom stereocenters. The van der Waals surface area contributed by atoms with E-state index in [4.69, 9.17) is 0 Å². The van der Waals surface area contributed by atoms with Crippen LogP contribution in [0.5, 0.6) is 0 Å². The van der Waals surface area contributed by atoms with Crippen LogP contribution in [0, 0.1) is 0 Å². The zero-order chi connectivity index (χ0) is 11.0. The summed E-state index contributed by atoms with van der Waals surface area (Å²) in [7, 11) is 1.69. The minimum Gasteiger partial charge on any atom is -0.309 e. The maximum Gasteiger partial charge on any atom is 0.434 e. The van der Waals surface area contributed by atoms with Crippen LogP contribution in [-0.2, 0) is 11.7 Å². The van der Waals surface area contributed by atoms with Crippen molar-refractivity contribution in [3.05, 3.63) is 16.1 Å². The Balaban J connectivity index is 3.00. The van der Waals surface area contributed by atoms with E-state index in [0.717, 1.165) is 16.7 Å². The van der Waals surface area contributed by atoms with Gasteiger partial charge >= 0.3 is 6.18 Å². The third-order valence-electron chi connectivity index (χ3n) is 1.95. The number of alkyl halides is 3. The highest BCUT2D eigenvalue weighted by Crippen LogP contribution is 2.32. The Bertz CT molecular complexity index is 317. The largest absolute Gasteiger partial charge is 0.434 e. The average molecular weight is 224 g/mol. The first-order valence-electron chi connectivity index (χ1n) is 3.99. The molecule has 6 heteroatoms. The Kier molecular flexibility index (Phi) is 2.87. The molecule has 0 aliphatic carbocycles. The molecule has 2 nitrogen and oxygen atoms in total. The van der Waals surface area contributed by atoms with E-state index in [1.165, 1.54) is 0 Å². The smallest absolute Gasteiger partial charge is 0.309 e. The van der Waals surface area contributed by atoms with E-state index in [9.17, 15) is 13.2 Å². The number of hydrogen-bond donors (Lipinski definition) is 1. The van der Waals surface area contributed by atoms with Crippen LogP contribution in [0.2, 0.25) is 0 Å². The first kappa shape index (κ1) is 11.5. The highest BCUT2D eigenvalue weighted by Gasteiger charge is 2.35. The zero-order valence-corrected chi connectivity index (χ0v) is 8.88. The molecule has 0 aliphatic heterocycles. The zero-order valence-electron chi connectivity index (χ0n) is 8.07. The summed E-state index contributed by atoms with van der Waals surface area (Å²) in [6.45, 7) is 3.57. The van der Waals surface area contributed by atoms with Gasteiger partial charge in [0.15, 0.2) is 5.69 Å². The number of rotatable bonds is 2. The molecule has 1 heterocycles. The van der Waals surface area contributed by atoms with E-state index < -0.39 is 17.4 Å². The molecule has 1 N–H and O–H groups in total. The van der Waals surface area contributed by atoms with E-state index in [1.54, 1.807) is 20.9 Å². The normalized spacial score (nSPS) is 13.3. The minimum absolute atomic E-state index is 0.437. The van der Waals surface area contributed by atoms with Gasteiger partial charge in [0.25, 0.3) is 0 Å². The first-order chi connectivity index (χ1) is 6.27. The van der Waals surface area contributed by atoms with Crippen molar-refractivity contribution < 1.29 is 13.2 Å². The summed E-state index contributed by atoms with van der Waals surface area (Å²) in [5.41, 5.74) is -1.34. The van der Waals surface area contributed by atoms with Gasteiger partial charge in [-0.3, -0.25) is 0 Å². The molecule has 14 heavy (non-hydrogen) atoms.